The van der Waals surface area contributed by atoms with Crippen LogP contribution in [0.25, 0.3) is 0 Å². The number of nitrogens with one attached hydrogen (secondary N) is 1. The maximum absolute atomic E-state index is 12.5. The third-order valence-electron chi connectivity index (χ3n) is 17.9. The lowest BCUT2D eigenvalue weighted by atomic mass is 10.0. The SMILES string of the molecule is CCCC/C=C\C/C=C\CCCCCCCC(=O)OCCCCCCCCCCCCC/C=C\C/C=C\CCCCCCCCCCCCCCCCCCCC(=O)NC(CO)C(O)CCCCCCCCCCCCCCCCCCCCC. The molecule has 0 saturated carbocycles. The Morgan fingerprint density at radius 2 is 0.600 bits per heavy atom. The molecule has 0 aromatic heterocycles. The monoisotopic (exact) mass is 1190 g/mol. The number of carbonyl (C=O) groups excluding carboxylic acids is 2. The predicted molar refractivity (Wildman–Crippen MR) is 375 cm³/mol. The summed E-state index contributed by atoms with van der Waals surface area (Å²) in [5.74, 6) is -0.0263. The molecule has 0 spiro atoms. The molecule has 6 nitrogen and oxygen atoms in total. The summed E-state index contributed by atoms with van der Waals surface area (Å²) in [6.45, 7) is 4.94. The summed E-state index contributed by atoms with van der Waals surface area (Å²) >= 11 is 0. The van der Waals surface area contributed by atoms with E-state index in [1.165, 1.54) is 327 Å². The number of hydrogen-bond donors (Lipinski definition) is 3. The van der Waals surface area contributed by atoms with Crippen LogP contribution in [-0.4, -0.2) is 47.4 Å². The fraction of sp³-hybridized carbons (Fsp3) is 0.873. The van der Waals surface area contributed by atoms with E-state index in [0.717, 1.165) is 57.8 Å². The van der Waals surface area contributed by atoms with Crippen molar-refractivity contribution in [2.45, 2.75) is 431 Å². The average molecular weight is 1190 g/mol. The number of ether oxygens (including phenoxy) is 1. The number of aliphatic hydroxyl groups excluding tert-OH is 2. The van der Waals surface area contributed by atoms with Gasteiger partial charge < -0.3 is 20.3 Å². The quantitative estimate of drug-likeness (QED) is 0.0320. The number of amides is 1. The van der Waals surface area contributed by atoms with Gasteiger partial charge in [-0.15, -0.1) is 0 Å². The van der Waals surface area contributed by atoms with E-state index in [4.69, 9.17) is 4.74 Å². The lowest BCUT2D eigenvalue weighted by Crippen LogP contribution is -2.45. The highest BCUT2D eigenvalue weighted by molar-refractivity contribution is 5.76. The molecule has 0 rings (SSSR count). The minimum atomic E-state index is -0.664. The summed E-state index contributed by atoms with van der Waals surface area (Å²) in [4.78, 5) is 24.6. The Kier molecular flexibility index (Phi) is 72.4. The van der Waals surface area contributed by atoms with Crippen molar-refractivity contribution in [3.05, 3.63) is 48.6 Å². The highest BCUT2D eigenvalue weighted by Gasteiger charge is 2.20. The maximum atomic E-state index is 12.5. The lowest BCUT2D eigenvalue weighted by Gasteiger charge is -2.22. The van der Waals surface area contributed by atoms with Gasteiger partial charge in [-0.1, -0.05) is 371 Å². The van der Waals surface area contributed by atoms with Crippen LogP contribution in [0.5, 0.6) is 0 Å². The van der Waals surface area contributed by atoms with E-state index >= 15 is 0 Å². The summed E-state index contributed by atoms with van der Waals surface area (Å²) < 4.78 is 5.48. The van der Waals surface area contributed by atoms with Crippen molar-refractivity contribution in [2.75, 3.05) is 13.2 Å². The third-order valence-corrected chi connectivity index (χ3v) is 17.9. The Hall–Kier alpha value is -2.18. The molecule has 0 fully saturated rings. The summed E-state index contributed by atoms with van der Waals surface area (Å²) in [6.07, 6.45) is 97.6. The zero-order chi connectivity index (χ0) is 61.3. The molecule has 0 radical (unpaired) electrons. The molecule has 0 bridgehead atoms. The van der Waals surface area contributed by atoms with Crippen molar-refractivity contribution in [3.63, 3.8) is 0 Å². The van der Waals surface area contributed by atoms with E-state index < -0.39 is 12.1 Å². The van der Waals surface area contributed by atoms with Crippen LogP contribution in [0.1, 0.15) is 418 Å². The standard InChI is InChI=1S/C79H149NO5/c1-3-5-7-9-11-13-15-17-19-20-38-41-44-47-51-55-59-63-67-71-77(82)76(75-81)80-78(83)72-68-64-60-56-52-48-45-42-39-36-34-32-30-28-26-24-22-21-23-25-27-29-31-33-35-37-40-43-46-50-54-58-62-66-70-74-85-79(84)73-69-65-61-57-53-49-18-16-14-12-10-8-6-4-2/h10,12,16,18,23,25,29,31,76-77,81-82H,3-9,11,13-15,17,19-22,24,26-28,30,32-75H2,1-2H3,(H,80,83)/b12-10-,18-16-,25-23-,31-29-. The molecule has 3 N–H and O–H groups in total. The fourth-order valence-corrected chi connectivity index (χ4v) is 12.0. The normalized spacial score (nSPS) is 12.8. The molecule has 2 unspecified atom stereocenters. The number of rotatable bonds is 72. The fourth-order valence-electron chi connectivity index (χ4n) is 12.0. The lowest BCUT2D eigenvalue weighted by molar-refractivity contribution is -0.143. The molecule has 0 aromatic carbocycles. The summed E-state index contributed by atoms with van der Waals surface area (Å²) in [5.41, 5.74) is 0. The highest BCUT2D eigenvalue weighted by Crippen LogP contribution is 2.19. The summed E-state index contributed by atoms with van der Waals surface area (Å²) in [5, 5.41) is 23.4. The molecule has 85 heavy (non-hydrogen) atoms. The first-order valence-electron chi connectivity index (χ1n) is 38.4. The van der Waals surface area contributed by atoms with Gasteiger partial charge in [0.25, 0.3) is 0 Å². The van der Waals surface area contributed by atoms with Crippen molar-refractivity contribution < 1.29 is 24.5 Å². The van der Waals surface area contributed by atoms with E-state index in [1.807, 2.05) is 0 Å². The molecule has 2 atom stereocenters. The van der Waals surface area contributed by atoms with Crippen molar-refractivity contribution in [3.8, 4) is 0 Å². The van der Waals surface area contributed by atoms with Gasteiger partial charge in [0.15, 0.2) is 0 Å². The van der Waals surface area contributed by atoms with Crippen molar-refractivity contribution >= 4 is 11.9 Å². The summed E-state index contributed by atoms with van der Waals surface area (Å²) in [6, 6.07) is -0.541. The van der Waals surface area contributed by atoms with Crippen LogP contribution >= 0.6 is 0 Å². The van der Waals surface area contributed by atoms with Gasteiger partial charge in [0.1, 0.15) is 0 Å². The second kappa shape index (κ2) is 74.3. The Bertz CT molecular complexity index is 1420. The van der Waals surface area contributed by atoms with Gasteiger partial charge in [-0.25, -0.2) is 0 Å². The second-order valence-corrected chi connectivity index (χ2v) is 26.3. The van der Waals surface area contributed by atoms with Crippen LogP contribution in [0, 0.1) is 0 Å². The Morgan fingerprint density at radius 1 is 0.329 bits per heavy atom. The van der Waals surface area contributed by atoms with Gasteiger partial charge in [0.2, 0.25) is 5.91 Å². The van der Waals surface area contributed by atoms with Gasteiger partial charge in [-0.2, -0.15) is 0 Å². The van der Waals surface area contributed by atoms with Crippen LogP contribution in [0.4, 0.5) is 0 Å². The van der Waals surface area contributed by atoms with Crippen LogP contribution < -0.4 is 5.32 Å². The third kappa shape index (κ3) is 70.8. The zero-order valence-electron chi connectivity index (χ0n) is 57.4. The molecular weight excluding hydrogens is 1040 g/mol. The molecule has 0 saturated heterocycles. The molecule has 500 valence electrons. The van der Waals surface area contributed by atoms with Crippen molar-refractivity contribution in [1.82, 2.24) is 5.32 Å². The number of allylic oxidation sites excluding steroid dienone is 8. The van der Waals surface area contributed by atoms with Crippen molar-refractivity contribution in [1.29, 1.82) is 0 Å². The second-order valence-electron chi connectivity index (χ2n) is 26.3. The highest BCUT2D eigenvalue weighted by atomic mass is 16.5. The molecule has 0 aliphatic heterocycles. The molecular formula is C79H149NO5. The van der Waals surface area contributed by atoms with Gasteiger partial charge >= 0.3 is 5.97 Å². The van der Waals surface area contributed by atoms with Gasteiger partial charge in [-0.05, 0) is 83.5 Å². The largest absolute Gasteiger partial charge is 0.466 e. The first-order valence-corrected chi connectivity index (χ1v) is 38.4. The minimum Gasteiger partial charge on any atom is -0.466 e. The number of aliphatic hydroxyl groups is 2. The average Bonchev–Trinajstić information content (AvgIpc) is 3.51. The van der Waals surface area contributed by atoms with Crippen LogP contribution in [0.2, 0.25) is 0 Å². The molecule has 0 aliphatic rings. The summed E-state index contributed by atoms with van der Waals surface area (Å²) in [7, 11) is 0. The van der Waals surface area contributed by atoms with Gasteiger partial charge in [0.05, 0.1) is 25.4 Å². The van der Waals surface area contributed by atoms with Crippen LogP contribution in [0.3, 0.4) is 0 Å². The Morgan fingerprint density at radius 3 is 0.929 bits per heavy atom. The topological polar surface area (TPSA) is 95.9 Å². The first kappa shape index (κ1) is 82.8. The molecule has 0 aromatic rings. The van der Waals surface area contributed by atoms with E-state index in [1.54, 1.807) is 0 Å². The van der Waals surface area contributed by atoms with Crippen molar-refractivity contribution in [2.24, 2.45) is 0 Å². The van der Waals surface area contributed by atoms with Crippen LogP contribution in [0.15, 0.2) is 48.6 Å². The number of esters is 1. The van der Waals surface area contributed by atoms with E-state index in [9.17, 15) is 19.8 Å². The van der Waals surface area contributed by atoms with E-state index in [2.05, 4.69) is 67.8 Å². The first-order chi connectivity index (χ1) is 42.0. The number of carbonyl (C=O) groups is 2. The smallest absolute Gasteiger partial charge is 0.305 e. The Labute approximate surface area is 531 Å². The van der Waals surface area contributed by atoms with E-state index in [0.29, 0.717) is 25.9 Å². The zero-order valence-corrected chi connectivity index (χ0v) is 57.4. The van der Waals surface area contributed by atoms with Crippen LogP contribution in [-0.2, 0) is 14.3 Å². The van der Waals surface area contributed by atoms with Gasteiger partial charge in [0, 0.05) is 12.8 Å². The predicted octanol–water partition coefficient (Wildman–Crippen LogP) is 25.2. The minimum absolute atomic E-state index is 0.00236. The van der Waals surface area contributed by atoms with E-state index in [-0.39, 0.29) is 18.5 Å². The Balaban J connectivity index is 3.38. The molecule has 6 heteroatoms. The number of unbranched alkanes of at least 4 members (excludes halogenated alkanes) is 53. The molecule has 1 amide bonds. The number of hydrogen-bond acceptors (Lipinski definition) is 5. The molecule has 0 aliphatic carbocycles. The molecule has 0 heterocycles. The van der Waals surface area contributed by atoms with Gasteiger partial charge in [-0.3, -0.25) is 9.59 Å². The maximum Gasteiger partial charge on any atom is 0.305 e.